The first-order chi connectivity index (χ1) is 6.75. The van der Waals surface area contributed by atoms with Gasteiger partial charge in [-0.25, -0.2) is 0 Å². The van der Waals surface area contributed by atoms with Gasteiger partial charge in [0.2, 0.25) is 0 Å². The standard InChI is InChI=1S/C11H22N2O/c1-9-8-13(6-4-11(9)14)7-5-12-10-2-3-10/h9-12,14H,2-8H2,1H3. The van der Waals surface area contributed by atoms with Crippen molar-refractivity contribution < 1.29 is 5.11 Å². The quantitative estimate of drug-likeness (QED) is 0.688. The van der Waals surface area contributed by atoms with E-state index in [0.29, 0.717) is 5.92 Å². The molecule has 3 nitrogen and oxygen atoms in total. The Bertz CT molecular complexity index is 182. The molecule has 0 aromatic rings. The summed E-state index contributed by atoms with van der Waals surface area (Å²) >= 11 is 0. The van der Waals surface area contributed by atoms with E-state index < -0.39 is 0 Å². The number of aliphatic hydroxyl groups excluding tert-OH is 1. The smallest absolute Gasteiger partial charge is 0.0590 e. The Morgan fingerprint density at radius 3 is 2.79 bits per heavy atom. The zero-order valence-electron chi connectivity index (χ0n) is 9.08. The van der Waals surface area contributed by atoms with E-state index >= 15 is 0 Å². The van der Waals surface area contributed by atoms with Crippen LogP contribution < -0.4 is 5.32 Å². The maximum atomic E-state index is 9.58. The molecular weight excluding hydrogens is 176 g/mol. The Kier molecular flexibility index (Phi) is 3.42. The van der Waals surface area contributed by atoms with Crippen LogP contribution in [-0.2, 0) is 0 Å². The van der Waals surface area contributed by atoms with Gasteiger partial charge in [-0.15, -0.1) is 0 Å². The fourth-order valence-electron chi connectivity index (χ4n) is 2.14. The van der Waals surface area contributed by atoms with Crippen molar-refractivity contribution in [3.05, 3.63) is 0 Å². The molecule has 2 rings (SSSR count). The van der Waals surface area contributed by atoms with Gasteiger partial charge in [-0.1, -0.05) is 6.92 Å². The first-order valence-electron chi connectivity index (χ1n) is 5.89. The van der Waals surface area contributed by atoms with Crippen LogP contribution in [0.15, 0.2) is 0 Å². The van der Waals surface area contributed by atoms with Crippen molar-refractivity contribution in [1.82, 2.24) is 10.2 Å². The highest BCUT2D eigenvalue weighted by Crippen LogP contribution is 2.19. The minimum absolute atomic E-state index is 0.0670. The fraction of sp³-hybridized carbons (Fsp3) is 1.00. The highest BCUT2D eigenvalue weighted by atomic mass is 16.3. The van der Waals surface area contributed by atoms with Gasteiger partial charge in [0.1, 0.15) is 0 Å². The van der Waals surface area contributed by atoms with Crippen LogP contribution >= 0.6 is 0 Å². The summed E-state index contributed by atoms with van der Waals surface area (Å²) in [6, 6.07) is 0.822. The first kappa shape index (κ1) is 10.4. The summed E-state index contributed by atoms with van der Waals surface area (Å²) in [4.78, 5) is 2.47. The van der Waals surface area contributed by atoms with Crippen molar-refractivity contribution in [2.24, 2.45) is 5.92 Å². The van der Waals surface area contributed by atoms with Crippen LogP contribution in [0.25, 0.3) is 0 Å². The van der Waals surface area contributed by atoms with Crippen molar-refractivity contribution in [2.75, 3.05) is 26.2 Å². The summed E-state index contributed by atoms with van der Waals surface area (Å²) in [5.41, 5.74) is 0. The molecule has 1 saturated carbocycles. The minimum Gasteiger partial charge on any atom is -0.393 e. The predicted molar refractivity (Wildman–Crippen MR) is 57.3 cm³/mol. The topological polar surface area (TPSA) is 35.5 Å². The molecule has 2 atom stereocenters. The van der Waals surface area contributed by atoms with Gasteiger partial charge in [-0.3, -0.25) is 0 Å². The second kappa shape index (κ2) is 4.60. The van der Waals surface area contributed by atoms with E-state index in [1.807, 2.05) is 0 Å². The van der Waals surface area contributed by atoms with Crippen molar-refractivity contribution in [1.29, 1.82) is 0 Å². The zero-order chi connectivity index (χ0) is 9.97. The molecule has 0 amide bonds. The van der Waals surface area contributed by atoms with Gasteiger partial charge in [0, 0.05) is 32.2 Å². The summed E-state index contributed by atoms with van der Waals surface area (Å²) in [6.45, 7) is 6.54. The van der Waals surface area contributed by atoms with Crippen molar-refractivity contribution >= 4 is 0 Å². The largest absolute Gasteiger partial charge is 0.393 e. The van der Waals surface area contributed by atoms with Crippen LogP contribution in [0.4, 0.5) is 0 Å². The Hall–Kier alpha value is -0.120. The molecule has 2 unspecified atom stereocenters. The van der Waals surface area contributed by atoms with Gasteiger partial charge in [0.15, 0.2) is 0 Å². The Labute approximate surface area is 86.5 Å². The first-order valence-corrected chi connectivity index (χ1v) is 5.89. The fourth-order valence-corrected chi connectivity index (χ4v) is 2.14. The molecule has 2 N–H and O–H groups in total. The van der Waals surface area contributed by atoms with Crippen LogP contribution in [0.2, 0.25) is 0 Å². The van der Waals surface area contributed by atoms with E-state index in [0.717, 1.165) is 38.6 Å². The lowest BCUT2D eigenvalue weighted by atomic mass is 9.97. The molecule has 3 heteroatoms. The predicted octanol–water partition coefficient (Wildman–Crippen LogP) is 0.441. The molecule has 1 saturated heterocycles. The molecule has 0 aromatic carbocycles. The van der Waals surface area contributed by atoms with Gasteiger partial charge < -0.3 is 15.3 Å². The summed E-state index contributed by atoms with van der Waals surface area (Å²) in [6.07, 6.45) is 3.62. The second-order valence-corrected chi connectivity index (χ2v) is 4.86. The Morgan fingerprint density at radius 2 is 2.14 bits per heavy atom. The molecule has 0 spiro atoms. The van der Waals surface area contributed by atoms with Gasteiger partial charge in [-0.2, -0.15) is 0 Å². The maximum Gasteiger partial charge on any atom is 0.0590 e. The lowest BCUT2D eigenvalue weighted by molar-refractivity contribution is 0.0355. The number of likely N-dealkylation sites (tertiary alicyclic amines) is 1. The second-order valence-electron chi connectivity index (χ2n) is 4.86. The molecule has 1 heterocycles. The molecule has 82 valence electrons. The van der Waals surface area contributed by atoms with E-state index in [9.17, 15) is 5.11 Å². The molecule has 0 radical (unpaired) electrons. The van der Waals surface area contributed by atoms with Gasteiger partial charge >= 0.3 is 0 Å². The van der Waals surface area contributed by atoms with E-state index in [-0.39, 0.29) is 6.10 Å². The number of nitrogens with zero attached hydrogens (tertiary/aromatic N) is 1. The number of nitrogens with one attached hydrogen (secondary N) is 1. The summed E-state index contributed by atoms with van der Waals surface area (Å²) in [7, 11) is 0. The Balaban J connectivity index is 1.60. The minimum atomic E-state index is -0.0670. The van der Waals surface area contributed by atoms with Crippen LogP contribution in [0.5, 0.6) is 0 Å². The molecule has 1 aliphatic heterocycles. The van der Waals surface area contributed by atoms with Gasteiger partial charge in [0.05, 0.1) is 6.10 Å². The molecule has 1 aliphatic carbocycles. The van der Waals surface area contributed by atoms with Gasteiger partial charge in [0.25, 0.3) is 0 Å². The molecule has 2 fully saturated rings. The van der Waals surface area contributed by atoms with E-state index in [2.05, 4.69) is 17.1 Å². The number of piperidine rings is 1. The Morgan fingerprint density at radius 1 is 1.36 bits per heavy atom. The number of rotatable bonds is 4. The average molecular weight is 198 g/mol. The van der Waals surface area contributed by atoms with E-state index in [1.54, 1.807) is 0 Å². The van der Waals surface area contributed by atoms with Crippen LogP contribution in [-0.4, -0.2) is 48.3 Å². The van der Waals surface area contributed by atoms with Gasteiger partial charge in [-0.05, 0) is 25.2 Å². The molecular formula is C11H22N2O. The van der Waals surface area contributed by atoms with Crippen molar-refractivity contribution in [3.63, 3.8) is 0 Å². The highest BCUT2D eigenvalue weighted by Gasteiger charge is 2.24. The van der Waals surface area contributed by atoms with Crippen LogP contribution in [0.3, 0.4) is 0 Å². The third kappa shape index (κ3) is 2.94. The van der Waals surface area contributed by atoms with E-state index in [4.69, 9.17) is 0 Å². The number of hydrogen-bond donors (Lipinski definition) is 2. The molecule has 2 aliphatic rings. The normalized spacial score (nSPS) is 34.7. The molecule has 0 aromatic heterocycles. The summed E-state index contributed by atoms with van der Waals surface area (Å²) < 4.78 is 0. The van der Waals surface area contributed by atoms with Crippen molar-refractivity contribution in [3.8, 4) is 0 Å². The summed E-state index contributed by atoms with van der Waals surface area (Å²) in [5, 5.41) is 13.1. The third-order valence-electron chi connectivity index (χ3n) is 3.38. The monoisotopic (exact) mass is 198 g/mol. The van der Waals surface area contributed by atoms with Crippen LogP contribution in [0.1, 0.15) is 26.2 Å². The third-order valence-corrected chi connectivity index (χ3v) is 3.38. The lowest BCUT2D eigenvalue weighted by Gasteiger charge is -2.34. The number of aliphatic hydroxyl groups is 1. The molecule has 0 bridgehead atoms. The average Bonchev–Trinajstić information content (AvgIpc) is 2.95. The summed E-state index contributed by atoms with van der Waals surface area (Å²) in [5.74, 6) is 0.449. The lowest BCUT2D eigenvalue weighted by Crippen LogP contribution is -2.44. The van der Waals surface area contributed by atoms with Crippen LogP contribution in [0, 0.1) is 5.92 Å². The van der Waals surface area contributed by atoms with Crippen molar-refractivity contribution in [2.45, 2.75) is 38.3 Å². The SMILES string of the molecule is CC1CN(CCNC2CC2)CCC1O. The zero-order valence-corrected chi connectivity index (χ0v) is 9.08. The number of hydrogen-bond acceptors (Lipinski definition) is 3. The highest BCUT2D eigenvalue weighted by molar-refractivity contribution is 4.82. The van der Waals surface area contributed by atoms with E-state index in [1.165, 1.54) is 12.8 Å². The molecule has 14 heavy (non-hydrogen) atoms. The maximum absolute atomic E-state index is 9.58.